The summed E-state index contributed by atoms with van der Waals surface area (Å²) in [4.78, 5) is 12.1. The Kier molecular flexibility index (Phi) is 5.46. The molecule has 0 spiro atoms. The number of nitrogens with one attached hydrogen (secondary N) is 1. The van der Waals surface area contributed by atoms with Gasteiger partial charge in [0.1, 0.15) is 11.9 Å². The molecule has 1 amide bonds. The molecular formula is C17H16F3NO3. The summed E-state index contributed by atoms with van der Waals surface area (Å²) in [6.07, 6.45) is -0.582. The van der Waals surface area contributed by atoms with E-state index in [2.05, 4.69) is 5.32 Å². The zero-order valence-corrected chi connectivity index (χ0v) is 13.0. The Morgan fingerprint density at radius 2 is 1.67 bits per heavy atom. The van der Waals surface area contributed by atoms with E-state index in [0.29, 0.717) is 5.56 Å². The third-order valence-corrected chi connectivity index (χ3v) is 3.54. The Morgan fingerprint density at radius 3 is 2.17 bits per heavy atom. The average molecular weight is 339 g/mol. The molecule has 0 saturated heterocycles. The van der Waals surface area contributed by atoms with Crippen molar-refractivity contribution in [2.45, 2.75) is 19.1 Å². The van der Waals surface area contributed by atoms with E-state index in [1.807, 2.05) is 0 Å². The molecular weight excluding hydrogens is 323 g/mol. The first kappa shape index (κ1) is 17.8. The van der Waals surface area contributed by atoms with Crippen LogP contribution in [0.15, 0.2) is 36.4 Å². The van der Waals surface area contributed by atoms with Gasteiger partial charge in [0, 0.05) is 12.7 Å². The Bertz CT molecular complexity index is 711. The van der Waals surface area contributed by atoms with E-state index in [4.69, 9.17) is 9.84 Å². The molecule has 2 unspecified atom stereocenters. The van der Waals surface area contributed by atoms with E-state index in [0.717, 1.165) is 12.1 Å². The van der Waals surface area contributed by atoms with Gasteiger partial charge in [0.25, 0.3) is 5.91 Å². The van der Waals surface area contributed by atoms with Gasteiger partial charge in [-0.25, -0.2) is 13.2 Å². The molecule has 2 rings (SSSR count). The number of hydrogen-bond donors (Lipinski definition) is 2. The molecule has 2 N–H and O–H groups in total. The van der Waals surface area contributed by atoms with Crippen molar-refractivity contribution in [3.63, 3.8) is 0 Å². The van der Waals surface area contributed by atoms with Crippen LogP contribution in [0.25, 0.3) is 0 Å². The smallest absolute Gasteiger partial charge is 0.251 e. The number of amides is 1. The van der Waals surface area contributed by atoms with Gasteiger partial charge in [0.15, 0.2) is 17.4 Å². The van der Waals surface area contributed by atoms with Crippen molar-refractivity contribution in [1.29, 1.82) is 0 Å². The summed E-state index contributed by atoms with van der Waals surface area (Å²) < 4.78 is 45.0. The van der Waals surface area contributed by atoms with Crippen LogP contribution in [0.1, 0.15) is 28.9 Å². The van der Waals surface area contributed by atoms with Gasteiger partial charge in [0.05, 0.1) is 6.04 Å². The minimum Gasteiger partial charge on any atom is -0.503 e. The first-order chi connectivity index (χ1) is 11.3. The van der Waals surface area contributed by atoms with E-state index < -0.39 is 41.3 Å². The molecule has 0 aromatic heterocycles. The molecule has 0 radical (unpaired) electrons. The van der Waals surface area contributed by atoms with Crippen LogP contribution < -0.4 is 5.32 Å². The lowest BCUT2D eigenvalue weighted by atomic mass is 10.0. The maximum Gasteiger partial charge on any atom is 0.251 e. The molecule has 4 nitrogen and oxygen atoms in total. The largest absolute Gasteiger partial charge is 0.503 e. The predicted octanol–water partition coefficient (Wildman–Crippen LogP) is 3.32. The second-order valence-corrected chi connectivity index (χ2v) is 5.26. The van der Waals surface area contributed by atoms with Gasteiger partial charge in [-0.15, -0.1) is 0 Å². The summed E-state index contributed by atoms with van der Waals surface area (Å²) in [5, 5.41) is 11.6. The molecule has 7 heteroatoms. The van der Waals surface area contributed by atoms with Crippen molar-refractivity contribution in [1.82, 2.24) is 5.32 Å². The Morgan fingerprint density at radius 1 is 1.12 bits per heavy atom. The first-order valence-corrected chi connectivity index (χ1v) is 7.10. The number of halogens is 3. The normalized spacial score (nSPS) is 13.4. The number of methoxy groups -OCH3 is 1. The number of carbonyl (C=O) groups excluding carboxylic acids is 1. The molecule has 0 heterocycles. The summed E-state index contributed by atoms with van der Waals surface area (Å²) in [6, 6.07) is 6.48. The highest BCUT2D eigenvalue weighted by Gasteiger charge is 2.22. The molecule has 128 valence electrons. The molecule has 0 saturated carbocycles. The van der Waals surface area contributed by atoms with Crippen LogP contribution in [0.3, 0.4) is 0 Å². The second kappa shape index (κ2) is 7.35. The number of benzene rings is 2. The van der Waals surface area contributed by atoms with Crippen molar-refractivity contribution in [2.24, 2.45) is 0 Å². The topological polar surface area (TPSA) is 58.6 Å². The van der Waals surface area contributed by atoms with Crippen LogP contribution in [-0.4, -0.2) is 24.2 Å². The fourth-order valence-corrected chi connectivity index (χ4v) is 2.34. The molecule has 0 aliphatic carbocycles. The lowest BCUT2D eigenvalue weighted by Crippen LogP contribution is -2.37. The Hall–Kier alpha value is -2.54. The zero-order chi connectivity index (χ0) is 17.9. The molecule has 0 fully saturated rings. The molecule has 24 heavy (non-hydrogen) atoms. The minimum atomic E-state index is -1.23. The molecule has 0 aliphatic rings. The summed E-state index contributed by atoms with van der Waals surface area (Å²) in [5.74, 6) is -4.73. The van der Waals surface area contributed by atoms with Crippen LogP contribution in [0.5, 0.6) is 5.75 Å². The van der Waals surface area contributed by atoms with Crippen LogP contribution in [0.2, 0.25) is 0 Å². The zero-order valence-electron chi connectivity index (χ0n) is 13.0. The van der Waals surface area contributed by atoms with Gasteiger partial charge in [0.2, 0.25) is 0 Å². The van der Waals surface area contributed by atoms with Crippen LogP contribution in [0.4, 0.5) is 13.2 Å². The second-order valence-electron chi connectivity index (χ2n) is 5.26. The molecule has 0 bridgehead atoms. The van der Waals surface area contributed by atoms with E-state index >= 15 is 0 Å². The van der Waals surface area contributed by atoms with Crippen molar-refractivity contribution in [3.8, 4) is 5.75 Å². The van der Waals surface area contributed by atoms with Crippen molar-refractivity contribution in [2.75, 3.05) is 7.11 Å². The third-order valence-electron chi connectivity index (χ3n) is 3.54. The monoisotopic (exact) mass is 339 g/mol. The quantitative estimate of drug-likeness (QED) is 0.879. The number of rotatable bonds is 5. The van der Waals surface area contributed by atoms with E-state index in [9.17, 15) is 18.0 Å². The maximum absolute atomic E-state index is 13.3. The van der Waals surface area contributed by atoms with Crippen LogP contribution >= 0.6 is 0 Å². The third kappa shape index (κ3) is 3.86. The van der Waals surface area contributed by atoms with Crippen molar-refractivity contribution in [3.05, 3.63) is 65.0 Å². The SMILES string of the molecule is COC(c1ccc(F)cc1)C(C)NC(=O)c1cc(F)c(O)c(F)c1. The highest BCUT2D eigenvalue weighted by atomic mass is 19.1. The lowest BCUT2D eigenvalue weighted by molar-refractivity contribution is 0.0644. The molecule has 2 aromatic carbocycles. The van der Waals surface area contributed by atoms with E-state index in [1.165, 1.54) is 31.4 Å². The molecule has 2 aromatic rings. The van der Waals surface area contributed by atoms with Gasteiger partial charge in [-0.3, -0.25) is 4.79 Å². The lowest BCUT2D eigenvalue weighted by Gasteiger charge is -2.24. The Labute approximate surface area is 136 Å². The fraction of sp³-hybridized carbons (Fsp3) is 0.235. The molecule has 0 aliphatic heterocycles. The number of aromatic hydroxyl groups is 1. The highest BCUT2D eigenvalue weighted by Crippen LogP contribution is 2.23. The van der Waals surface area contributed by atoms with E-state index in [1.54, 1.807) is 6.92 Å². The fourth-order valence-electron chi connectivity index (χ4n) is 2.34. The number of carbonyl (C=O) groups is 1. The van der Waals surface area contributed by atoms with Crippen LogP contribution in [-0.2, 0) is 4.74 Å². The maximum atomic E-state index is 13.3. The standard InChI is InChI=1S/C17H16F3NO3/c1-9(16(24-2)10-3-5-12(18)6-4-10)21-17(23)11-7-13(19)15(22)14(20)8-11/h3-9,16,22H,1-2H3,(H,21,23). The van der Waals surface area contributed by atoms with Gasteiger partial charge in [-0.2, -0.15) is 0 Å². The average Bonchev–Trinajstić information content (AvgIpc) is 2.54. The van der Waals surface area contributed by atoms with Gasteiger partial charge in [-0.05, 0) is 36.8 Å². The van der Waals surface area contributed by atoms with Gasteiger partial charge in [-0.1, -0.05) is 12.1 Å². The number of phenols is 1. The first-order valence-electron chi connectivity index (χ1n) is 7.10. The van der Waals surface area contributed by atoms with Gasteiger partial charge < -0.3 is 15.2 Å². The number of ether oxygens (including phenoxy) is 1. The van der Waals surface area contributed by atoms with Gasteiger partial charge >= 0.3 is 0 Å². The minimum absolute atomic E-state index is 0.274. The van der Waals surface area contributed by atoms with Crippen LogP contribution in [0, 0.1) is 17.5 Å². The van der Waals surface area contributed by atoms with Crippen molar-refractivity contribution >= 4 is 5.91 Å². The molecule has 2 atom stereocenters. The predicted molar refractivity (Wildman–Crippen MR) is 81.1 cm³/mol. The summed E-state index contributed by atoms with van der Waals surface area (Å²) in [7, 11) is 1.43. The highest BCUT2D eigenvalue weighted by molar-refractivity contribution is 5.94. The summed E-state index contributed by atoms with van der Waals surface area (Å²) in [6.45, 7) is 1.64. The summed E-state index contributed by atoms with van der Waals surface area (Å²) >= 11 is 0. The Balaban J connectivity index is 2.16. The number of hydrogen-bond acceptors (Lipinski definition) is 3. The van der Waals surface area contributed by atoms with E-state index in [-0.39, 0.29) is 5.56 Å². The summed E-state index contributed by atoms with van der Waals surface area (Å²) in [5.41, 5.74) is 0.360. The number of phenolic OH excluding ortho intramolecular Hbond substituents is 1. The van der Waals surface area contributed by atoms with Crippen molar-refractivity contribution < 1.29 is 27.8 Å².